The van der Waals surface area contributed by atoms with Crippen molar-refractivity contribution in [2.24, 2.45) is 0 Å². The summed E-state index contributed by atoms with van der Waals surface area (Å²) in [5.74, 6) is 0. The maximum Gasteiger partial charge on any atom is 0.407 e. The first kappa shape index (κ1) is 23.8. The summed E-state index contributed by atoms with van der Waals surface area (Å²) in [6, 6.07) is 11.1. The van der Waals surface area contributed by atoms with Gasteiger partial charge in [-0.05, 0) is 60.5 Å². The molecule has 1 rings (SSSR count). The maximum atomic E-state index is 12.2. The molecule has 1 atom stereocenters. The second kappa shape index (κ2) is 10.7. The molecule has 1 aromatic rings. The lowest BCUT2D eigenvalue weighted by Crippen LogP contribution is -2.50. The summed E-state index contributed by atoms with van der Waals surface area (Å²) < 4.78 is 5.44. The number of alkyl carbamates (subject to hydrolysis) is 1. The topological polar surface area (TPSA) is 41.6 Å². The number of carbonyl (C=O) groups is 1. The second-order valence-electron chi connectivity index (χ2n) is 7.92. The highest BCUT2D eigenvalue weighted by molar-refractivity contribution is 7.59. The number of nitrogens with one attached hydrogen (secondary N) is 1. The lowest BCUT2D eigenvalue weighted by atomic mass is 10.0. The van der Waals surface area contributed by atoms with Gasteiger partial charge in [0.1, 0.15) is 5.60 Å². The van der Waals surface area contributed by atoms with Crippen LogP contribution in [0.2, 0.25) is 0 Å². The SMILES string of the molecule is CC(C)N(C[C@H](Cc1ccccc1)NC(=O)OC(C)(C)C)C(C)C.S. The van der Waals surface area contributed by atoms with Crippen molar-refractivity contribution in [1.82, 2.24) is 10.2 Å². The monoisotopic (exact) mass is 368 g/mol. The van der Waals surface area contributed by atoms with E-state index in [0.717, 1.165) is 13.0 Å². The minimum atomic E-state index is -0.489. The van der Waals surface area contributed by atoms with Crippen LogP contribution in [0.15, 0.2) is 30.3 Å². The lowest BCUT2D eigenvalue weighted by Gasteiger charge is -2.34. The van der Waals surface area contributed by atoms with Crippen molar-refractivity contribution in [3.63, 3.8) is 0 Å². The van der Waals surface area contributed by atoms with Crippen molar-refractivity contribution in [2.75, 3.05) is 6.54 Å². The molecule has 1 aromatic carbocycles. The van der Waals surface area contributed by atoms with Crippen LogP contribution in [0.25, 0.3) is 0 Å². The largest absolute Gasteiger partial charge is 0.444 e. The molecule has 0 aliphatic carbocycles. The van der Waals surface area contributed by atoms with E-state index < -0.39 is 5.60 Å². The van der Waals surface area contributed by atoms with Gasteiger partial charge in [0, 0.05) is 24.7 Å². The minimum Gasteiger partial charge on any atom is -0.444 e. The zero-order chi connectivity index (χ0) is 18.3. The molecule has 0 fully saturated rings. The highest BCUT2D eigenvalue weighted by Crippen LogP contribution is 2.12. The highest BCUT2D eigenvalue weighted by Gasteiger charge is 2.23. The Morgan fingerprint density at radius 3 is 2.04 bits per heavy atom. The van der Waals surface area contributed by atoms with Gasteiger partial charge < -0.3 is 10.1 Å². The van der Waals surface area contributed by atoms with E-state index in [4.69, 9.17) is 4.74 Å². The Balaban J connectivity index is 0.00000576. The van der Waals surface area contributed by atoms with Gasteiger partial charge in [-0.25, -0.2) is 4.79 Å². The van der Waals surface area contributed by atoms with E-state index in [1.165, 1.54) is 5.56 Å². The van der Waals surface area contributed by atoms with Crippen LogP contribution in [0.3, 0.4) is 0 Å². The van der Waals surface area contributed by atoms with E-state index in [0.29, 0.717) is 12.1 Å². The van der Waals surface area contributed by atoms with Gasteiger partial charge in [0.25, 0.3) is 0 Å². The third kappa shape index (κ3) is 9.75. The molecule has 0 heterocycles. The average molecular weight is 369 g/mol. The Bertz CT molecular complexity index is 490. The van der Waals surface area contributed by atoms with Crippen LogP contribution in [-0.2, 0) is 11.2 Å². The average Bonchev–Trinajstić information content (AvgIpc) is 2.42. The van der Waals surface area contributed by atoms with Gasteiger partial charge in [0.05, 0.1) is 0 Å². The maximum absolute atomic E-state index is 12.2. The first-order valence-electron chi connectivity index (χ1n) is 8.87. The summed E-state index contributed by atoms with van der Waals surface area (Å²) in [7, 11) is 0. The van der Waals surface area contributed by atoms with Crippen molar-refractivity contribution in [3.05, 3.63) is 35.9 Å². The van der Waals surface area contributed by atoms with Crippen molar-refractivity contribution < 1.29 is 9.53 Å². The molecule has 0 radical (unpaired) electrons. The Morgan fingerprint density at radius 1 is 1.08 bits per heavy atom. The molecule has 0 saturated heterocycles. The third-order valence-electron chi connectivity index (χ3n) is 3.80. The van der Waals surface area contributed by atoms with Gasteiger partial charge in [-0.3, -0.25) is 4.90 Å². The Kier molecular flexibility index (Phi) is 10.2. The van der Waals surface area contributed by atoms with Gasteiger partial charge in [-0.1, -0.05) is 30.3 Å². The molecule has 0 aromatic heterocycles. The predicted octanol–water partition coefficient (Wildman–Crippen LogP) is 4.35. The van der Waals surface area contributed by atoms with Crippen LogP contribution in [0.4, 0.5) is 4.79 Å². The van der Waals surface area contributed by atoms with E-state index in [1.54, 1.807) is 0 Å². The number of nitrogens with zero attached hydrogens (tertiary/aromatic N) is 1. The van der Waals surface area contributed by atoms with Gasteiger partial charge >= 0.3 is 6.09 Å². The second-order valence-corrected chi connectivity index (χ2v) is 7.92. The van der Waals surface area contributed by atoms with Crippen LogP contribution >= 0.6 is 13.5 Å². The Morgan fingerprint density at radius 2 is 1.60 bits per heavy atom. The van der Waals surface area contributed by atoms with Crippen molar-refractivity contribution in [3.8, 4) is 0 Å². The van der Waals surface area contributed by atoms with Gasteiger partial charge in [-0.15, -0.1) is 0 Å². The van der Waals surface area contributed by atoms with Crippen molar-refractivity contribution in [2.45, 2.75) is 78.6 Å². The number of rotatable bonds is 7. The molecule has 25 heavy (non-hydrogen) atoms. The first-order valence-corrected chi connectivity index (χ1v) is 8.87. The highest BCUT2D eigenvalue weighted by atomic mass is 32.1. The summed E-state index contributed by atoms with van der Waals surface area (Å²) in [6.45, 7) is 15.2. The van der Waals surface area contributed by atoms with E-state index in [1.807, 2.05) is 39.0 Å². The van der Waals surface area contributed by atoms with Gasteiger partial charge in [0.15, 0.2) is 0 Å². The van der Waals surface area contributed by atoms with Crippen LogP contribution in [0, 0.1) is 0 Å². The fraction of sp³-hybridized carbons (Fsp3) is 0.650. The smallest absolute Gasteiger partial charge is 0.407 e. The summed E-state index contributed by atoms with van der Waals surface area (Å²) in [5, 5.41) is 3.06. The zero-order valence-electron chi connectivity index (χ0n) is 16.8. The molecule has 0 aliphatic rings. The van der Waals surface area contributed by atoms with Gasteiger partial charge in [0.2, 0.25) is 0 Å². The molecule has 0 aliphatic heterocycles. The molecule has 1 amide bonds. The van der Waals surface area contributed by atoms with E-state index in [-0.39, 0.29) is 25.6 Å². The summed E-state index contributed by atoms with van der Waals surface area (Å²) >= 11 is 0. The quantitative estimate of drug-likeness (QED) is 0.778. The molecule has 144 valence electrons. The summed E-state index contributed by atoms with van der Waals surface area (Å²) in [5.41, 5.74) is 0.725. The summed E-state index contributed by atoms with van der Waals surface area (Å²) in [6.07, 6.45) is 0.437. The number of hydrogen-bond donors (Lipinski definition) is 1. The van der Waals surface area contributed by atoms with E-state index in [9.17, 15) is 4.79 Å². The molecule has 0 spiro atoms. The van der Waals surface area contributed by atoms with E-state index >= 15 is 0 Å². The predicted molar refractivity (Wildman–Crippen MR) is 111 cm³/mol. The van der Waals surface area contributed by atoms with Crippen LogP contribution in [0.5, 0.6) is 0 Å². The van der Waals surface area contributed by atoms with Crippen LogP contribution in [-0.4, -0.2) is 41.3 Å². The normalized spacial score (nSPS) is 12.9. The molecule has 4 nitrogen and oxygen atoms in total. The number of hydrogen-bond acceptors (Lipinski definition) is 3. The van der Waals surface area contributed by atoms with Crippen LogP contribution in [0.1, 0.15) is 54.0 Å². The van der Waals surface area contributed by atoms with Gasteiger partial charge in [-0.2, -0.15) is 13.5 Å². The molecular formula is C20H36N2O2S. The Labute approximate surface area is 160 Å². The van der Waals surface area contributed by atoms with Crippen LogP contribution < -0.4 is 5.32 Å². The summed E-state index contributed by atoms with van der Waals surface area (Å²) in [4.78, 5) is 14.6. The molecular weight excluding hydrogens is 332 g/mol. The fourth-order valence-corrected chi connectivity index (χ4v) is 2.81. The molecule has 1 N–H and O–H groups in total. The van der Waals surface area contributed by atoms with Crippen molar-refractivity contribution >= 4 is 19.6 Å². The molecule has 0 unspecified atom stereocenters. The third-order valence-corrected chi connectivity index (χ3v) is 3.80. The lowest BCUT2D eigenvalue weighted by molar-refractivity contribution is 0.0477. The van der Waals surface area contributed by atoms with E-state index in [2.05, 4.69) is 50.0 Å². The number of amides is 1. The first-order chi connectivity index (χ1) is 11.1. The number of carbonyl (C=O) groups excluding carboxylic acids is 1. The standard InChI is InChI=1S/C20H34N2O2.H2S/c1-15(2)22(16(3)4)14-18(13-17-11-9-8-10-12-17)21-19(23)24-20(5,6)7;/h8-12,15-16,18H,13-14H2,1-7H3,(H,21,23);1H2/t18-;/m0./s1. The zero-order valence-corrected chi connectivity index (χ0v) is 17.8. The van der Waals surface area contributed by atoms with Crippen molar-refractivity contribution in [1.29, 1.82) is 0 Å². The molecule has 0 saturated carbocycles. The number of benzene rings is 1. The fourth-order valence-electron chi connectivity index (χ4n) is 2.81. The Hall–Kier alpha value is -1.20. The molecule has 5 heteroatoms. The molecule has 0 bridgehead atoms. The minimum absolute atomic E-state index is 0. The number of ether oxygens (including phenoxy) is 1.